The van der Waals surface area contributed by atoms with Gasteiger partial charge in [-0.15, -0.1) is 0 Å². The monoisotopic (exact) mass is 332 g/mol. The maximum Gasteiger partial charge on any atom is 0.108 e. The lowest BCUT2D eigenvalue weighted by atomic mass is 10.1. The molecule has 0 amide bonds. The van der Waals surface area contributed by atoms with Gasteiger partial charge in [-0.1, -0.05) is 29.3 Å². The molecule has 90 valence electrons. The van der Waals surface area contributed by atoms with E-state index in [1.807, 2.05) is 36.7 Å². The molecule has 2 aromatic rings. The minimum atomic E-state index is 0.576. The van der Waals surface area contributed by atoms with Crippen molar-refractivity contribution in [2.24, 2.45) is 7.05 Å². The van der Waals surface area contributed by atoms with Gasteiger partial charge < -0.3 is 4.57 Å². The van der Waals surface area contributed by atoms with Gasteiger partial charge in [0.1, 0.15) is 10.4 Å². The Labute approximate surface area is 119 Å². The fourth-order valence-electron chi connectivity index (χ4n) is 1.61. The van der Waals surface area contributed by atoms with E-state index in [0.717, 1.165) is 28.1 Å². The summed E-state index contributed by atoms with van der Waals surface area (Å²) in [6, 6.07) is 5.65. The molecule has 17 heavy (non-hydrogen) atoms. The molecule has 0 atom stereocenters. The van der Waals surface area contributed by atoms with Crippen molar-refractivity contribution < 1.29 is 0 Å². The van der Waals surface area contributed by atoms with Gasteiger partial charge in [0.05, 0.1) is 15.7 Å². The van der Waals surface area contributed by atoms with Crippen molar-refractivity contribution in [2.45, 2.75) is 13.3 Å². The SMILES string of the molecule is Cc1nc(Cc2ccc(Cl)c(Cl)c2)c(Br)n1C. The Balaban J connectivity index is 2.31. The lowest BCUT2D eigenvalue weighted by molar-refractivity contribution is 0.839. The first-order valence-corrected chi connectivity index (χ1v) is 6.65. The van der Waals surface area contributed by atoms with Gasteiger partial charge in [-0.05, 0) is 40.5 Å². The van der Waals surface area contributed by atoms with Crippen molar-refractivity contribution in [3.63, 3.8) is 0 Å². The molecular weight excluding hydrogens is 323 g/mol. The van der Waals surface area contributed by atoms with Crippen LogP contribution in [0.2, 0.25) is 10.0 Å². The van der Waals surface area contributed by atoms with Gasteiger partial charge in [0.2, 0.25) is 0 Å². The summed E-state index contributed by atoms with van der Waals surface area (Å²) < 4.78 is 3.01. The Kier molecular flexibility index (Phi) is 3.81. The van der Waals surface area contributed by atoms with Gasteiger partial charge in [0.15, 0.2) is 0 Å². The molecule has 0 unspecified atom stereocenters. The highest BCUT2D eigenvalue weighted by molar-refractivity contribution is 9.10. The molecule has 5 heteroatoms. The first kappa shape index (κ1) is 12.9. The number of imidazole rings is 1. The Morgan fingerprint density at radius 2 is 2.00 bits per heavy atom. The average Bonchev–Trinajstić information content (AvgIpc) is 2.52. The molecule has 0 aliphatic carbocycles. The second-order valence-corrected chi connectivity index (χ2v) is 5.45. The summed E-state index contributed by atoms with van der Waals surface area (Å²) in [6.07, 6.45) is 0.735. The minimum absolute atomic E-state index is 0.576. The maximum atomic E-state index is 5.99. The lowest BCUT2D eigenvalue weighted by Gasteiger charge is -2.02. The number of aryl methyl sites for hydroxylation is 1. The molecule has 1 aromatic heterocycles. The van der Waals surface area contributed by atoms with Crippen molar-refractivity contribution in [2.75, 3.05) is 0 Å². The molecule has 1 aromatic carbocycles. The van der Waals surface area contributed by atoms with Crippen LogP contribution in [-0.4, -0.2) is 9.55 Å². The smallest absolute Gasteiger partial charge is 0.108 e. The van der Waals surface area contributed by atoms with E-state index in [2.05, 4.69) is 20.9 Å². The zero-order chi connectivity index (χ0) is 12.6. The van der Waals surface area contributed by atoms with E-state index in [9.17, 15) is 0 Å². The first-order chi connectivity index (χ1) is 7.99. The van der Waals surface area contributed by atoms with E-state index in [0.29, 0.717) is 10.0 Å². The zero-order valence-electron chi connectivity index (χ0n) is 9.47. The van der Waals surface area contributed by atoms with Gasteiger partial charge in [-0.25, -0.2) is 4.98 Å². The number of benzene rings is 1. The fraction of sp³-hybridized carbons (Fsp3) is 0.250. The summed E-state index contributed by atoms with van der Waals surface area (Å²) in [6.45, 7) is 1.98. The average molecular weight is 334 g/mol. The molecule has 0 aliphatic rings. The van der Waals surface area contributed by atoms with Crippen molar-refractivity contribution in [3.05, 3.63) is 49.9 Å². The Morgan fingerprint density at radius 3 is 2.53 bits per heavy atom. The third kappa shape index (κ3) is 2.67. The van der Waals surface area contributed by atoms with Crippen LogP contribution in [0, 0.1) is 6.92 Å². The summed E-state index contributed by atoms with van der Waals surface area (Å²) in [5, 5.41) is 1.15. The molecule has 2 nitrogen and oxygen atoms in total. The van der Waals surface area contributed by atoms with Crippen LogP contribution in [0.5, 0.6) is 0 Å². The van der Waals surface area contributed by atoms with E-state index in [1.54, 1.807) is 0 Å². The number of hydrogen-bond acceptors (Lipinski definition) is 1. The zero-order valence-corrected chi connectivity index (χ0v) is 12.6. The first-order valence-electron chi connectivity index (χ1n) is 5.10. The van der Waals surface area contributed by atoms with Crippen LogP contribution >= 0.6 is 39.1 Å². The van der Waals surface area contributed by atoms with Crippen LogP contribution in [0.3, 0.4) is 0 Å². The van der Waals surface area contributed by atoms with Crippen LogP contribution in [-0.2, 0) is 13.5 Å². The lowest BCUT2D eigenvalue weighted by Crippen LogP contribution is -1.92. The highest BCUT2D eigenvalue weighted by atomic mass is 79.9. The minimum Gasteiger partial charge on any atom is -0.326 e. The third-order valence-electron chi connectivity index (χ3n) is 2.67. The van der Waals surface area contributed by atoms with E-state index in [4.69, 9.17) is 23.2 Å². The van der Waals surface area contributed by atoms with E-state index in [-0.39, 0.29) is 0 Å². The molecule has 0 N–H and O–H groups in total. The molecule has 2 rings (SSSR count). The Morgan fingerprint density at radius 1 is 1.29 bits per heavy atom. The van der Waals surface area contributed by atoms with Gasteiger partial charge in [0.25, 0.3) is 0 Å². The number of aromatic nitrogens is 2. The summed E-state index contributed by atoms with van der Waals surface area (Å²) in [4.78, 5) is 4.50. The van der Waals surface area contributed by atoms with Crippen molar-refractivity contribution in [1.82, 2.24) is 9.55 Å². The molecule has 0 bridgehead atoms. The molecule has 0 spiro atoms. The van der Waals surface area contributed by atoms with Gasteiger partial charge >= 0.3 is 0 Å². The number of rotatable bonds is 2. The predicted molar refractivity (Wildman–Crippen MR) is 74.9 cm³/mol. The van der Waals surface area contributed by atoms with Crippen LogP contribution in [0.1, 0.15) is 17.1 Å². The van der Waals surface area contributed by atoms with Crippen molar-refractivity contribution in [3.8, 4) is 0 Å². The number of hydrogen-bond donors (Lipinski definition) is 0. The standard InChI is InChI=1S/C12H11BrCl2N2/c1-7-16-11(12(13)17(7)2)6-8-3-4-9(14)10(15)5-8/h3-5H,6H2,1-2H3. The largest absolute Gasteiger partial charge is 0.326 e. The second kappa shape index (κ2) is 5.01. The normalized spacial score (nSPS) is 10.9. The van der Waals surface area contributed by atoms with Gasteiger partial charge in [-0.3, -0.25) is 0 Å². The fourth-order valence-corrected chi connectivity index (χ4v) is 2.41. The second-order valence-electron chi connectivity index (χ2n) is 3.88. The molecule has 0 aliphatic heterocycles. The maximum absolute atomic E-state index is 5.99. The van der Waals surface area contributed by atoms with Crippen LogP contribution in [0.4, 0.5) is 0 Å². The number of nitrogens with zero attached hydrogens (tertiary/aromatic N) is 2. The van der Waals surface area contributed by atoms with Crippen LogP contribution in [0.15, 0.2) is 22.8 Å². The quantitative estimate of drug-likeness (QED) is 0.797. The third-order valence-corrected chi connectivity index (χ3v) is 4.40. The van der Waals surface area contributed by atoms with E-state index < -0.39 is 0 Å². The molecule has 0 saturated carbocycles. The number of halogens is 3. The van der Waals surface area contributed by atoms with E-state index in [1.165, 1.54) is 0 Å². The topological polar surface area (TPSA) is 17.8 Å². The van der Waals surface area contributed by atoms with Gasteiger partial charge in [0, 0.05) is 13.5 Å². The molecule has 1 heterocycles. The molecule has 0 radical (unpaired) electrons. The highest BCUT2D eigenvalue weighted by Gasteiger charge is 2.10. The summed E-state index contributed by atoms with van der Waals surface area (Å²) in [7, 11) is 1.98. The Hall–Kier alpha value is -0.510. The van der Waals surface area contributed by atoms with Crippen molar-refractivity contribution in [1.29, 1.82) is 0 Å². The van der Waals surface area contributed by atoms with Gasteiger partial charge in [-0.2, -0.15) is 0 Å². The summed E-state index contributed by atoms with van der Waals surface area (Å²) in [5.74, 6) is 0.979. The van der Waals surface area contributed by atoms with Crippen LogP contribution < -0.4 is 0 Å². The highest BCUT2D eigenvalue weighted by Crippen LogP contribution is 2.25. The summed E-state index contributed by atoms with van der Waals surface area (Å²) >= 11 is 15.4. The summed E-state index contributed by atoms with van der Waals surface area (Å²) in [5.41, 5.74) is 2.10. The van der Waals surface area contributed by atoms with E-state index >= 15 is 0 Å². The van der Waals surface area contributed by atoms with Crippen molar-refractivity contribution >= 4 is 39.1 Å². The molecule has 0 saturated heterocycles. The Bertz CT molecular complexity index is 564. The van der Waals surface area contributed by atoms with Crippen LogP contribution in [0.25, 0.3) is 0 Å². The molecule has 0 fully saturated rings. The molecular formula is C12H11BrCl2N2. The predicted octanol–water partition coefficient (Wildman–Crippen LogP) is 4.39.